The van der Waals surface area contributed by atoms with E-state index >= 15 is 0 Å². The van der Waals surface area contributed by atoms with Gasteiger partial charge in [-0.15, -0.1) is 0 Å². The molecule has 0 fully saturated rings. The molecule has 0 radical (unpaired) electrons. The van der Waals surface area contributed by atoms with Crippen molar-refractivity contribution in [1.29, 1.82) is 0 Å². The summed E-state index contributed by atoms with van der Waals surface area (Å²) in [5.74, 6) is -1.42. The van der Waals surface area contributed by atoms with Crippen LogP contribution >= 0.6 is 15.9 Å². The number of hydrogen-bond donors (Lipinski definition) is 2. The molecule has 0 saturated heterocycles. The second-order valence-corrected chi connectivity index (χ2v) is 5.57. The molecule has 114 valence electrons. The fourth-order valence-electron chi connectivity index (χ4n) is 1.80. The highest BCUT2D eigenvalue weighted by molar-refractivity contribution is 9.10. The number of esters is 1. The van der Waals surface area contributed by atoms with Gasteiger partial charge in [0.2, 0.25) is 0 Å². The fourth-order valence-corrected chi connectivity index (χ4v) is 2.16. The Kier molecular flexibility index (Phi) is 5.16. The maximum absolute atomic E-state index is 11.8. The summed E-state index contributed by atoms with van der Waals surface area (Å²) in [6.45, 7) is 1.48. The number of aryl methyl sites for hydroxylation is 1. The number of amides is 1. The lowest BCUT2D eigenvalue weighted by Crippen LogP contribution is -2.21. The Morgan fingerprint density at radius 3 is 2.73 bits per heavy atom. The summed E-state index contributed by atoms with van der Waals surface area (Å²) in [5.41, 5.74) is 1.64. The van der Waals surface area contributed by atoms with Crippen molar-refractivity contribution in [3.63, 3.8) is 0 Å². The lowest BCUT2D eigenvalue weighted by Gasteiger charge is -2.08. The molecule has 2 N–H and O–H groups in total. The molecule has 0 saturated carbocycles. The van der Waals surface area contributed by atoms with E-state index in [1.807, 2.05) is 19.1 Å². The predicted molar refractivity (Wildman–Crippen MR) is 85.9 cm³/mol. The number of halogens is 1. The van der Waals surface area contributed by atoms with Gasteiger partial charge >= 0.3 is 5.97 Å². The summed E-state index contributed by atoms with van der Waals surface area (Å²) in [7, 11) is 0. The molecule has 0 unspecified atom stereocenters. The number of carbonyl (C=O) groups is 2. The Morgan fingerprint density at radius 2 is 2.00 bits per heavy atom. The van der Waals surface area contributed by atoms with Crippen molar-refractivity contribution < 1.29 is 19.4 Å². The summed E-state index contributed by atoms with van der Waals surface area (Å²) in [6.07, 6.45) is 0. The summed E-state index contributed by atoms with van der Waals surface area (Å²) in [6, 6.07) is 11.7. The lowest BCUT2D eigenvalue weighted by atomic mass is 10.2. The number of aromatic hydroxyl groups is 1. The first-order chi connectivity index (χ1) is 10.5. The number of ether oxygens (including phenoxy) is 1. The van der Waals surface area contributed by atoms with E-state index in [4.69, 9.17) is 4.74 Å². The van der Waals surface area contributed by atoms with Gasteiger partial charge in [0.05, 0.1) is 0 Å². The Balaban J connectivity index is 1.93. The van der Waals surface area contributed by atoms with Crippen LogP contribution in [0.15, 0.2) is 46.9 Å². The van der Waals surface area contributed by atoms with Gasteiger partial charge in [0.1, 0.15) is 11.3 Å². The summed E-state index contributed by atoms with van der Waals surface area (Å²) in [5, 5.41) is 12.2. The van der Waals surface area contributed by atoms with E-state index < -0.39 is 18.5 Å². The van der Waals surface area contributed by atoms with Gasteiger partial charge in [0.15, 0.2) is 6.61 Å². The van der Waals surface area contributed by atoms with Crippen LogP contribution < -0.4 is 5.32 Å². The second kappa shape index (κ2) is 7.09. The zero-order chi connectivity index (χ0) is 16.1. The maximum atomic E-state index is 11.8. The van der Waals surface area contributed by atoms with Gasteiger partial charge in [0, 0.05) is 10.2 Å². The van der Waals surface area contributed by atoms with Crippen LogP contribution in [-0.4, -0.2) is 23.6 Å². The molecule has 1 amide bonds. The predicted octanol–water partition coefficient (Wildman–Crippen LogP) is 3.26. The monoisotopic (exact) mass is 363 g/mol. The standard InChI is InChI=1S/C16H14BrNO4/c1-10-3-2-4-12(7-10)18-15(20)9-22-16(21)13-8-11(17)5-6-14(13)19/h2-8,19H,9H2,1H3,(H,18,20). The molecule has 5 nitrogen and oxygen atoms in total. The van der Waals surface area contributed by atoms with Crippen LogP contribution in [0.4, 0.5) is 5.69 Å². The molecule has 0 aliphatic heterocycles. The van der Waals surface area contributed by atoms with Gasteiger partial charge in [-0.3, -0.25) is 4.79 Å². The first kappa shape index (κ1) is 16.0. The summed E-state index contributed by atoms with van der Waals surface area (Å²) >= 11 is 3.20. The van der Waals surface area contributed by atoms with Crippen LogP contribution in [0.25, 0.3) is 0 Å². The topological polar surface area (TPSA) is 75.6 Å². The summed E-state index contributed by atoms with van der Waals surface area (Å²) in [4.78, 5) is 23.6. The van der Waals surface area contributed by atoms with Crippen molar-refractivity contribution in [2.75, 3.05) is 11.9 Å². The third-order valence-electron chi connectivity index (χ3n) is 2.81. The number of nitrogens with one attached hydrogen (secondary N) is 1. The first-order valence-corrected chi connectivity index (χ1v) is 7.27. The van der Waals surface area contributed by atoms with E-state index in [-0.39, 0.29) is 11.3 Å². The highest BCUT2D eigenvalue weighted by Gasteiger charge is 2.15. The second-order valence-electron chi connectivity index (χ2n) is 4.66. The smallest absolute Gasteiger partial charge is 0.342 e. The molecular formula is C16H14BrNO4. The molecule has 0 aliphatic rings. The van der Waals surface area contributed by atoms with Crippen molar-refractivity contribution >= 4 is 33.5 Å². The SMILES string of the molecule is Cc1cccc(NC(=O)COC(=O)c2cc(Br)ccc2O)c1. The van der Waals surface area contributed by atoms with Crippen molar-refractivity contribution in [2.24, 2.45) is 0 Å². The zero-order valence-electron chi connectivity index (χ0n) is 11.8. The Labute approximate surface area is 136 Å². The molecule has 0 aromatic heterocycles. The van der Waals surface area contributed by atoms with Crippen LogP contribution in [0.1, 0.15) is 15.9 Å². The largest absolute Gasteiger partial charge is 0.507 e. The Bertz CT molecular complexity index is 715. The minimum absolute atomic E-state index is 0.00210. The van der Waals surface area contributed by atoms with Crippen LogP contribution in [0, 0.1) is 6.92 Å². The van der Waals surface area contributed by atoms with Gasteiger partial charge in [-0.1, -0.05) is 28.1 Å². The molecule has 2 rings (SSSR count). The minimum atomic E-state index is -0.766. The van der Waals surface area contributed by atoms with E-state index in [9.17, 15) is 14.7 Å². The maximum Gasteiger partial charge on any atom is 0.342 e. The van der Waals surface area contributed by atoms with Crippen LogP contribution in [0.2, 0.25) is 0 Å². The zero-order valence-corrected chi connectivity index (χ0v) is 13.4. The number of hydrogen-bond acceptors (Lipinski definition) is 4. The van der Waals surface area contributed by atoms with Gasteiger partial charge in [-0.25, -0.2) is 4.79 Å². The number of rotatable bonds is 4. The van der Waals surface area contributed by atoms with Gasteiger partial charge in [-0.05, 0) is 42.8 Å². The Hall–Kier alpha value is -2.34. The Morgan fingerprint density at radius 1 is 1.23 bits per heavy atom. The van der Waals surface area contributed by atoms with E-state index in [0.29, 0.717) is 10.2 Å². The van der Waals surface area contributed by atoms with E-state index in [0.717, 1.165) is 5.56 Å². The number of benzene rings is 2. The number of carbonyl (C=O) groups excluding carboxylic acids is 2. The van der Waals surface area contributed by atoms with Crippen LogP contribution in [-0.2, 0) is 9.53 Å². The van der Waals surface area contributed by atoms with Crippen molar-refractivity contribution in [3.8, 4) is 5.75 Å². The molecule has 2 aromatic carbocycles. The lowest BCUT2D eigenvalue weighted by molar-refractivity contribution is -0.119. The molecule has 0 bridgehead atoms. The van der Waals surface area contributed by atoms with Crippen molar-refractivity contribution in [2.45, 2.75) is 6.92 Å². The molecule has 22 heavy (non-hydrogen) atoms. The molecule has 6 heteroatoms. The quantitative estimate of drug-likeness (QED) is 0.817. The number of phenols is 1. The molecule has 0 aliphatic carbocycles. The fraction of sp³-hybridized carbons (Fsp3) is 0.125. The molecule has 0 atom stereocenters. The molecule has 0 heterocycles. The number of anilines is 1. The molecule has 0 spiro atoms. The highest BCUT2D eigenvalue weighted by atomic mass is 79.9. The summed E-state index contributed by atoms with van der Waals surface area (Å²) < 4.78 is 5.52. The average Bonchev–Trinajstić information content (AvgIpc) is 2.47. The minimum Gasteiger partial charge on any atom is -0.507 e. The van der Waals surface area contributed by atoms with E-state index in [1.165, 1.54) is 12.1 Å². The van der Waals surface area contributed by atoms with Crippen LogP contribution in [0.5, 0.6) is 5.75 Å². The third-order valence-corrected chi connectivity index (χ3v) is 3.31. The van der Waals surface area contributed by atoms with Gasteiger partial charge in [0.25, 0.3) is 5.91 Å². The average molecular weight is 364 g/mol. The van der Waals surface area contributed by atoms with Gasteiger partial charge < -0.3 is 15.2 Å². The van der Waals surface area contributed by atoms with Crippen LogP contribution in [0.3, 0.4) is 0 Å². The van der Waals surface area contributed by atoms with Crippen molar-refractivity contribution in [1.82, 2.24) is 0 Å². The highest BCUT2D eigenvalue weighted by Crippen LogP contribution is 2.22. The first-order valence-electron chi connectivity index (χ1n) is 6.48. The van der Waals surface area contributed by atoms with Gasteiger partial charge in [-0.2, -0.15) is 0 Å². The molecular weight excluding hydrogens is 350 g/mol. The number of phenolic OH excluding ortho intramolecular Hbond substituents is 1. The molecule has 2 aromatic rings. The third kappa shape index (κ3) is 4.33. The van der Waals surface area contributed by atoms with E-state index in [1.54, 1.807) is 18.2 Å². The van der Waals surface area contributed by atoms with E-state index in [2.05, 4.69) is 21.2 Å². The van der Waals surface area contributed by atoms with Crippen molar-refractivity contribution in [3.05, 3.63) is 58.1 Å². The normalized spacial score (nSPS) is 10.1.